The summed E-state index contributed by atoms with van der Waals surface area (Å²) < 4.78 is 30.5. The first-order valence-electron chi connectivity index (χ1n) is 9.83. The number of carbonyl (C=O) groups is 1. The van der Waals surface area contributed by atoms with Crippen LogP contribution >= 0.6 is 34.3 Å². The second-order valence-corrected chi connectivity index (χ2v) is 12.2. The van der Waals surface area contributed by atoms with Crippen LogP contribution in [0.2, 0.25) is 4.34 Å². The van der Waals surface area contributed by atoms with Crippen LogP contribution in [0.15, 0.2) is 46.7 Å². The number of nitrogens with one attached hydrogen (secondary N) is 1. The van der Waals surface area contributed by atoms with E-state index in [1.165, 1.54) is 21.7 Å². The van der Waals surface area contributed by atoms with Gasteiger partial charge in [0.2, 0.25) is 11.0 Å². The smallest absolute Gasteiger partial charge is 0.253 e. The molecule has 0 bridgehead atoms. The van der Waals surface area contributed by atoms with E-state index in [1.807, 2.05) is 31.2 Å². The summed E-state index contributed by atoms with van der Waals surface area (Å²) in [7, 11) is -3.80. The highest BCUT2D eigenvalue weighted by Gasteiger charge is 2.40. The minimum absolute atomic E-state index is 0.137. The first kappa shape index (κ1) is 21.5. The SMILES string of the molecule is Cc1cc(NC(=O)C2CCCN2S(=O)(=O)c2ccc(Cl)s2)n(-c2nc3ccccc3s2)n1. The highest BCUT2D eigenvalue weighted by Crippen LogP contribution is 2.33. The zero-order chi connectivity index (χ0) is 22.5. The Morgan fingerprint density at radius 1 is 1.22 bits per heavy atom. The number of aromatic nitrogens is 3. The lowest BCUT2D eigenvalue weighted by molar-refractivity contribution is -0.119. The second-order valence-electron chi connectivity index (χ2n) is 7.37. The number of aryl methyl sites for hydroxylation is 1. The number of halogens is 1. The van der Waals surface area contributed by atoms with Crippen LogP contribution < -0.4 is 5.32 Å². The molecule has 1 unspecified atom stereocenters. The Balaban J connectivity index is 1.43. The zero-order valence-corrected chi connectivity index (χ0v) is 20.1. The second kappa shape index (κ2) is 8.23. The summed E-state index contributed by atoms with van der Waals surface area (Å²) in [6, 6.07) is 11.7. The lowest BCUT2D eigenvalue weighted by Gasteiger charge is -2.22. The quantitative estimate of drug-likeness (QED) is 0.434. The molecule has 5 rings (SSSR count). The van der Waals surface area contributed by atoms with E-state index in [2.05, 4.69) is 15.4 Å². The summed E-state index contributed by atoms with van der Waals surface area (Å²) in [6.45, 7) is 2.11. The predicted molar refractivity (Wildman–Crippen MR) is 126 cm³/mol. The maximum absolute atomic E-state index is 13.2. The number of nitrogens with zero attached hydrogens (tertiary/aromatic N) is 4. The number of fused-ring (bicyclic) bond motifs is 1. The highest BCUT2D eigenvalue weighted by atomic mass is 35.5. The first-order valence-corrected chi connectivity index (χ1v) is 13.3. The van der Waals surface area contributed by atoms with Crippen molar-refractivity contribution in [1.82, 2.24) is 19.1 Å². The summed E-state index contributed by atoms with van der Waals surface area (Å²) >= 11 is 8.38. The van der Waals surface area contributed by atoms with Gasteiger partial charge >= 0.3 is 0 Å². The Bertz CT molecular complexity index is 1390. The van der Waals surface area contributed by atoms with Crippen molar-refractivity contribution in [2.45, 2.75) is 30.0 Å². The molecule has 12 heteroatoms. The van der Waals surface area contributed by atoms with Gasteiger partial charge in [0, 0.05) is 12.6 Å². The van der Waals surface area contributed by atoms with Crippen LogP contribution in [0.3, 0.4) is 0 Å². The molecule has 1 amide bonds. The Morgan fingerprint density at radius 2 is 2.03 bits per heavy atom. The minimum atomic E-state index is -3.80. The summed E-state index contributed by atoms with van der Waals surface area (Å²) in [5.41, 5.74) is 1.56. The van der Waals surface area contributed by atoms with Crippen LogP contribution in [0.1, 0.15) is 18.5 Å². The van der Waals surface area contributed by atoms with E-state index in [4.69, 9.17) is 11.6 Å². The van der Waals surface area contributed by atoms with Gasteiger partial charge in [0.25, 0.3) is 10.0 Å². The Labute approximate surface area is 197 Å². The third-order valence-corrected chi connectivity index (χ3v) is 9.78. The first-order chi connectivity index (χ1) is 15.3. The molecular weight excluding hydrogens is 490 g/mol. The van der Waals surface area contributed by atoms with Crippen molar-refractivity contribution < 1.29 is 13.2 Å². The molecule has 0 aliphatic carbocycles. The number of carbonyl (C=O) groups excluding carboxylic acids is 1. The average Bonchev–Trinajstić information content (AvgIpc) is 3.53. The van der Waals surface area contributed by atoms with Gasteiger partial charge in [-0.3, -0.25) is 4.79 Å². The fourth-order valence-electron chi connectivity index (χ4n) is 3.74. The van der Waals surface area contributed by atoms with Gasteiger partial charge in [-0.15, -0.1) is 11.3 Å². The fraction of sp³-hybridized carbons (Fsp3) is 0.250. The number of benzene rings is 1. The number of anilines is 1. The van der Waals surface area contributed by atoms with Gasteiger partial charge in [0.1, 0.15) is 16.1 Å². The van der Waals surface area contributed by atoms with Crippen molar-refractivity contribution >= 4 is 66.2 Å². The molecule has 1 atom stereocenters. The number of hydrogen-bond acceptors (Lipinski definition) is 7. The van der Waals surface area contributed by atoms with Gasteiger partial charge in [-0.25, -0.2) is 13.4 Å². The van der Waals surface area contributed by atoms with E-state index in [-0.39, 0.29) is 10.8 Å². The molecule has 4 heterocycles. The van der Waals surface area contributed by atoms with Gasteiger partial charge in [-0.1, -0.05) is 35.1 Å². The number of hydrogen-bond donors (Lipinski definition) is 1. The molecule has 1 N–H and O–H groups in total. The molecule has 1 aromatic carbocycles. The van der Waals surface area contributed by atoms with Gasteiger partial charge in [0.05, 0.1) is 20.2 Å². The summed E-state index contributed by atoms with van der Waals surface area (Å²) in [4.78, 5) is 17.8. The minimum Gasteiger partial charge on any atom is -0.309 e. The molecule has 1 aliphatic heterocycles. The topological polar surface area (TPSA) is 97.2 Å². The maximum atomic E-state index is 13.2. The molecule has 0 radical (unpaired) electrons. The number of rotatable bonds is 5. The third-order valence-electron chi connectivity index (χ3n) is 5.16. The van der Waals surface area contributed by atoms with Crippen molar-refractivity contribution in [3.63, 3.8) is 0 Å². The van der Waals surface area contributed by atoms with Crippen LogP contribution in [0.4, 0.5) is 5.82 Å². The molecule has 166 valence electrons. The van der Waals surface area contributed by atoms with Crippen molar-refractivity contribution in [1.29, 1.82) is 0 Å². The average molecular weight is 508 g/mol. The Morgan fingerprint density at radius 3 is 2.78 bits per heavy atom. The summed E-state index contributed by atoms with van der Waals surface area (Å²) in [6.07, 6.45) is 1.05. The normalized spacial score (nSPS) is 17.2. The molecule has 3 aromatic heterocycles. The van der Waals surface area contributed by atoms with Crippen molar-refractivity contribution in [2.75, 3.05) is 11.9 Å². The molecule has 1 saturated heterocycles. The summed E-state index contributed by atoms with van der Waals surface area (Å²) in [5, 5.41) is 7.98. The molecular formula is C20H18ClN5O3S3. The van der Waals surface area contributed by atoms with Crippen LogP contribution in [0.25, 0.3) is 15.3 Å². The number of thiophene rings is 1. The lowest BCUT2D eigenvalue weighted by Crippen LogP contribution is -2.43. The van der Waals surface area contributed by atoms with Crippen molar-refractivity contribution in [3.8, 4) is 5.13 Å². The van der Waals surface area contributed by atoms with Crippen LogP contribution in [-0.4, -0.2) is 46.0 Å². The number of amides is 1. The molecule has 0 spiro atoms. The summed E-state index contributed by atoms with van der Waals surface area (Å²) in [5.74, 6) is 0.0611. The predicted octanol–water partition coefficient (Wildman–Crippen LogP) is 4.30. The molecule has 1 aliphatic rings. The number of para-hydroxylation sites is 1. The van der Waals surface area contributed by atoms with Crippen molar-refractivity contribution in [2.24, 2.45) is 0 Å². The zero-order valence-electron chi connectivity index (χ0n) is 16.9. The third kappa shape index (κ3) is 3.84. The Hall–Kier alpha value is -2.31. The van der Waals surface area contributed by atoms with Gasteiger partial charge in [-0.2, -0.15) is 14.1 Å². The van der Waals surface area contributed by atoms with Crippen molar-refractivity contribution in [3.05, 3.63) is 52.5 Å². The molecule has 4 aromatic rings. The highest BCUT2D eigenvalue weighted by molar-refractivity contribution is 7.91. The number of sulfonamides is 1. The van der Waals surface area contributed by atoms with E-state index in [0.717, 1.165) is 21.6 Å². The monoisotopic (exact) mass is 507 g/mol. The lowest BCUT2D eigenvalue weighted by atomic mass is 10.2. The Kier molecular flexibility index (Phi) is 5.54. The molecule has 8 nitrogen and oxygen atoms in total. The van der Waals surface area contributed by atoms with E-state index in [1.54, 1.807) is 16.8 Å². The molecule has 32 heavy (non-hydrogen) atoms. The fourth-order valence-corrected chi connectivity index (χ4v) is 7.94. The number of thiazole rings is 1. The maximum Gasteiger partial charge on any atom is 0.253 e. The largest absolute Gasteiger partial charge is 0.309 e. The van der Waals surface area contributed by atoms with Crippen LogP contribution in [0.5, 0.6) is 0 Å². The van der Waals surface area contributed by atoms with Crippen LogP contribution in [0, 0.1) is 6.92 Å². The molecule has 1 fully saturated rings. The van der Waals surface area contributed by atoms with E-state index in [0.29, 0.717) is 33.8 Å². The molecule has 0 saturated carbocycles. The van der Waals surface area contributed by atoms with Gasteiger partial charge < -0.3 is 5.32 Å². The standard InChI is InChI=1S/C20H18ClN5O3S3/c1-12-11-17(26(24-12)20-22-13-5-2-3-7-15(13)30-20)23-19(27)14-6-4-10-25(14)32(28,29)18-9-8-16(21)31-18/h2-3,5,7-9,11,14H,4,6,10H2,1H3,(H,23,27). The van der Waals surface area contributed by atoms with Gasteiger partial charge in [-0.05, 0) is 44.0 Å². The van der Waals surface area contributed by atoms with E-state index < -0.39 is 22.0 Å². The van der Waals surface area contributed by atoms with Gasteiger partial charge in [0.15, 0.2) is 0 Å². The van der Waals surface area contributed by atoms with E-state index >= 15 is 0 Å². The van der Waals surface area contributed by atoms with E-state index in [9.17, 15) is 13.2 Å². The van der Waals surface area contributed by atoms with Crippen LogP contribution in [-0.2, 0) is 14.8 Å².